The van der Waals surface area contributed by atoms with E-state index in [0.717, 1.165) is 40.8 Å². The minimum Gasteiger partial charge on any atom is -0.356 e. The molecule has 0 heterocycles. The first-order chi connectivity index (χ1) is 13.5. The molecule has 0 saturated heterocycles. The number of urea groups is 1. The Morgan fingerprint density at radius 2 is 1.79 bits per heavy atom. The summed E-state index contributed by atoms with van der Waals surface area (Å²) in [5.41, 5.74) is 2.95. The fraction of sp³-hybridized carbons (Fsp3) is 0.333. The van der Waals surface area contributed by atoms with Gasteiger partial charge in [0, 0.05) is 36.9 Å². The van der Waals surface area contributed by atoms with Crippen LogP contribution in [0.15, 0.2) is 53.5 Å². The van der Waals surface area contributed by atoms with E-state index in [1.165, 1.54) is 0 Å². The average molecular weight is 402 g/mol. The molecule has 0 aromatic heterocycles. The summed E-state index contributed by atoms with van der Waals surface area (Å²) in [6, 6.07) is 15.4. The Morgan fingerprint density at radius 3 is 2.43 bits per heavy atom. The minimum absolute atomic E-state index is 0.0978. The zero-order valence-electron chi connectivity index (χ0n) is 16.6. The molecule has 0 aliphatic heterocycles. The van der Waals surface area contributed by atoms with E-state index in [0.29, 0.717) is 6.54 Å². The average Bonchev–Trinajstić information content (AvgIpc) is 2.66. The van der Waals surface area contributed by atoms with Crippen LogP contribution >= 0.6 is 11.6 Å². The van der Waals surface area contributed by atoms with E-state index in [9.17, 15) is 4.79 Å². The van der Waals surface area contributed by atoms with E-state index in [2.05, 4.69) is 26.3 Å². The Morgan fingerprint density at radius 1 is 1.07 bits per heavy atom. The van der Waals surface area contributed by atoms with Crippen molar-refractivity contribution in [3.63, 3.8) is 0 Å². The van der Waals surface area contributed by atoms with Crippen LogP contribution in [-0.4, -0.2) is 31.6 Å². The van der Waals surface area contributed by atoms with Crippen molar-refractivity contribution < 1.29 is 4.79 Å². The number of halogens is 1. The molecule has 2 aromatic carbocycles. The second kappa shape index (κ2) is 11.2. The van der Waals surface area contributed by atoms with Gasteiger partial charge in [0.1, 0.15) is 0 Å². The lowest BCUT2D eigenvalue weighted by Gasteiger charge is -2.13. The van der Waals surface area contributed by atoms with Crippen molar-refractivity contribution in [2.24, 2.45) is 4.99 Å². The summed E-state index contributed by atoms with van der Waals surface area (Å²) >= 11 is 6.18. The minimum atomic E-state index is -0.205. The third-order valence-electron chi connectivity index (χ3n) is 3.96. The van der Waals surface area contributed by atoms with Crippen LogP contribution in [0.25, 0.3) is 0 Å². The number of anilines is 1. The first-order valence-electron chi connectivity index (χ1n) is 9.32. The van der Waals surface area contributed by atoms with E-state index in [-0.39, 0.29) is 12.1 Å². The molecule has 0 aliphatic carbocycles. The highest BCUT2D eigenvalue weighted by Crippen LogP contribution is 2.14. The van der Waals surface area contributed by atoms with Crippen LogP contribution < -0.4 is 21.3 Å². The van der Waals surface area contributed by atoms with Crippen LogP contribution in [-0.2, 0) is 13.0 Å². The summed E-state index contributed by atoms with van der Waals surface area (Å²) in [4.78, 5) is 16.0. The molecule has 0 spiro atoms. The van der Waals surface area contributed by atoms with E-state index < -0.39 is 0 Å². The monoisotopic (exact) mass is 401 g/mol. The highest BCUT2D eigenvalue weighted by atomic mass is 35.5. The first kappa shape index (κ1) is 21.6. The molecule has 2 rings (SSSR count). The molecule has 2 aromatic rings. The number of carbonyl (C=O) groups excluding carboxylic acids is 1. The molecule has 0 fully saturated rings. The third-order valence-corrected chi connectivity index (χ3v) is 4.33. The molecule has 0 bridgehead atoms. The van der Waals surface area contributed by atoms with E-state index >= 15 is 0 Å². The molecule has 28 heavy (non-hydrogen) atoms. The van der Waals surface area contributed by atoms with Gasteiger partial charge in [-0.25, -0.2) is 4.79 Å². The van der Waals surface area contributed by atoms with Gasteiger partial charge in [-0.1, -0.05) is 41.9 Å². The number of hydrogen-bond acceptors (Lipinski definition) is 2. The number of guanidine groups is 1. The highest BCUT2D eigenvalue weighted by Gasteiger charge is 2.04. The van der Waals surface area contributed by atoms with Crippen LogP contribution in [0.1, 0.15) is 25.0 Å². The maximum Gasteiger partial charge on any atom is 0.319 e. The van der Waals surface area contributed by atoms with Gasteiger partial charge in [-0.15, -0.1) is 0 Å². The second-order valence-corrected chi connectivity index (χ2v) is 7.05. The van der Waals surface area contributed by atoms with Crippen LogP contribution in [0.4, 0.5) is 10.5 Å². The van der Waals surface area contributed by atoms with Crippen molar-refractivity contribution in [3.8, 4) is 0 Å². The number of nitrogens with zero attached hydrogens (tertiary/aromatic N) is 1. The second-order valence-electron chi connectivity index (χ2n) is 6.64. The number of rotatable bonds is 7. The molecule has 6 nitrogen and oxygen atoms in total. The SMILES string of the molecule is CN=C(NCCc1ccccc1Cl)NCc1ccc(NC(=O)NC(C)C)cc1. The molecule has 7 heteroatoms. The summed E-state index contributed by atoms with van der Waals surface area (Å²) < 4.78 is 0. The molecule has 2 amide bonds. The summed E-state index contributed by atoms with van der Waals surface area (Å²) in [6.45, 7) is 5.20. The van der Waals surface area contributed by atoms with Crippen LogP contribution in [0.3, 0.4) is 0 Å². The molecule has 0 atom stereocenters. The lowest BCUT2D eigenvalue weighted by atomic mass is 10.1. The molecular weight excluding hydrogens is 374 g/mol. The number of hydrogen-bond donors (Lipinski definition) is 4. The smallest absolute Gasteiger partial charge is 0.319 e. The van der Waals surface area contributed by atoms with E-state index in [1.807, 2.05) is 62.4 Å². The Labute approximate surface area is 171 Å². The summed E-state index contributed by atoms with van der Waals surface area (Å²) in [6.07, 6.45) is 0.819. The van der Waals surface area contributed by atoms with Gasteiger partial charge in [0.2, 0.25) is 0 Å². The Hall–Kier alpha value is -2.73. The van der Waals surface area contributed by atoms with Crippen molar-refractivity contribution in [1.29, 1.82) is 0 Å². The van der Waals surface area contributed by atoms with Crippen molar-refractivity contribution in [2.75, 3.05) is 18.9 Å². The largest absolute Gasteiger partial charge is 0.356 e. The number of carbonyl (C=O) groups is 1. The van der Waals surface area contributed by atoms with Crippen LogP contribution in [0.5, 0.6) is 0 Å². The van der Waals surface area contributed by atoms with Crippen LogP contribution in [0.2, 0.25) is 5.02 Å². The van der Waals surface area contributed by atoms with Crippen molar-refractivity contribution in [3.05, 3.63) is 64.7 Å². The lowest BCUT2D eigenvalue weighted by Crippen LogP contribution is -2.37. The lowest BCUT2D eigenvalue weighted by molar-refractivity contribution is 0.250. The number of amides is 2. The molecular formula is C21H28ClN5O. The molecule has 150 valence electrons. The fourth-order valence-electron chi connectivity index (χ4n) is 2.56. The van der Waals surface area contributed by atoms with Gasteiger partial charge in [0.15, 0.2) is 5.96 Å². The van der Waals surface area contributed by atoms with Gasteiger partial charge in [-0.05, 0) is 49.6 Å². The Bertz CT molecular complexity index is 790. The van der Waals surface area contributed by atoms with Crippen molar-refractivity contribution in [1.82, 2.24) is 16.0 Å². The summed E-state index contributed by atoms with van der Waals surface area (Å²) in [5.74, 6) is 0.727. The summed E-state index contributed by atoms with van der Waals surface area (Å²) in [7, 11) is 1.74. The highest BCUT2D eigenvalue weighted by molar-refractivity contribution is 6.31. The maximum atomic E-state index is 11.7. The Balaban J connectivity index is 1.76. The molecule has 0 unspecified atom stereocenters. The normalized spacial score (nSPS) is 11.2. The fourth-order valence-corrected chi connectivity index (χ4v) is 2.79. The van der Waals surface area contributed by atoms with Gasteiger partial charge in [0.25, 0.3) is 0 Å². The molecule has 4 N–H and O–H groups in total. The third kappa shape index (κ3) is 7.48. The number of aliphatic imine (C=N–C) groups is 1. The van der Waals surface area contributed by atoms with E-state index in [4.69, 9.17) is 11.6 Å². The zero-order valence-corrected chi connectivity index (χ0v) is 17.3. The van der Waals surface area contributed by atoms with Crippen molar-refractivity contribution in [2.45, 2.75) is 32.9 Å². The predicted molar refractivity (Wildman–Crippen MR) is 117 cm³/mol. The van der Waals surface area contributed by atoms with E-state index in [1.54, 1.807) is 7.05 Å². The zero-order chi connectivity index (χ0) is 20.4. The first-order valence-corrected chi connectivity index (χ1v) is 9.70. The topological polar surface area (TPSA) is 77.6 Å². The quantitative estimate of drug-likeness (QED) is 0.421. The molecule has 0 aliphatic rings. The summed E-state index contributed by atoms with van der Waals surface area (Å²) in [5, 5.41) is 12.9. The molecule has 0 radical (unpaired) electrons. The number of nitrogens with one attached hydrogen (secondary N) is 4. The van der Waals surface area contributed by atoms with Crippen molar-refractivity contribution >= 4 is 29.3 Å². The number of benzene rings is 2. The van der Waals surface area contributed by atoms with Gasteiger partial charge in [-0.2, -0.15) is 0 Å². The van der Waals surface area contributed by atoms with Gasteiger partial charge in [-0.3, -0.25) is 4.99 Å². The Kier molecular flexibility index (Phi) is 8.62. The van der Waals surface area contributed by atoms with Gasteiger partial charge >= 0.3 is 6.03 Å². The predicted octanol–water partition coefficient (Wildman–Crippen LogP) is 3.78. The van der Waals surface area contributed by atoms with Crippen LogP contribution in [0, 0.1) is 0 Å². The standard InChI is InChI=1S/C21H28ClN5O/c1-15(2)26-21(28)27-18-10-8-16(9-11-18)14-25-20(23-3)24-13-12-17-6-4-5-7-19(17)22/h4-11,15H,12-14H2,1-3H3,(H2,23,24,25)(H2,26,27,28). The molecule has 0 saturated carbocycles. The van der Waals surface area contributed by atoms with Gasteiger partial charge < -0.3 is 21.3 Å². The maximum absolute atomic E-state index is 11.7. The van der Waals surface area contributed by atoms with Gasteiger partial charge in [0.05, 0.1) is 0 Å².